The molecule has 0 aliphatic heterocycles. The third kappa shape index (κ3) is 4.21. The summed E-state index contributed by atoms with van der Waals surface area (Å²) in [4.78, 5) is 11.7. The molecule has 0 radical (unpaired) electrons. The van der Waals surface area contributed by atoms with Crippen LogP contribution in [-0.2, 0) is 14.3 Å². The number of ether oxygens (including phenoxy) is 2. The molecule has 1 unspecified atom stereocenters. The van der Waals surface area contributed by atoms with Gasteiger partial charge in [0.25, 0.3) is 0 Å². The van der Waals surface area contributed by atoms with Crippen LogP contribution in [0.4, 0.5) is 0 Å². The zero-order valence-corrected chi connectivity index (χ0v) is 20.4. The summed E-state index contributed by atoms with van der Waals surface area (Å²) < 4.78 is 10.8. The summed E-state index contributed by atoms with van der Waals surface area (Å²) in [6.07, 6.45) is 13.9. The Morgan fingerprint density at radius 1 is 1.03 bits per heavy atom. The molecule has 0 amide bonds. The van der Waals surface area contributed by atoms with Gasteiger partial charge in [-0.15, -0.1) is 0 Å². The number of methoxy groups -OCH3 is 1. The summed E-state index contributed by atoms with van der Waals surface area (Å²) in [5.74, 6) is 4.76. The molecule has 31 heavy (non-hydrogen) atoms. The minimum atomic E-state index is -0.0555. The third-order valence-electron chi connectivity index (χ3n) is 10.9. The summed E-state index contributed by atoms with van der Waals surface area (Å²) in [6, 6.07) is 0. The molecule has 178 valence electrons. The maximum atomic E-state index is 11.7. The predicted molar refractivity (Wildman–Crippen MR) is 122 cm³/mol. The van der Waals surface area contributed by atoms with Crippen LogP contribution >= 0.6 is 0 Å². The molecule has 4 saturated carbocycles. The summed E-state index contributed by atoms with van der Waals surface area (Å²) in [6.45, 7) is 8.25. The number of aliphatic hydroxyl groups excluding tert-OH is 1. The van der Waals surface area contributed by atoms with Crippen molar-refractivity contribution in [1.82, 2.24) is 0 Å². The largest absolute Gasteiger partial charge is 0.469 e. The van der Waals surface area contributed by atoms with Crippen LogP contribution in [0.1, 0.15) is 91.4 Å². The number of rotatable bonds is 7. The van der Waals surface area contributed by atoms with Crippen LogP contribution < -0.4 is 0 Å². The van der Waals surface area contributed by atoms with Gasteiger partial charge in [0.15, 0.2) is 0 Å². The SMILES string of the molecule is COC(=O)CC[C@@H](C)[C@H]1CC[C@H]2[C@@H]3CCC4C[C@@H](OCCO)CC[C@]4(C)[C@H]3CC[C@]12C. The summed E-state index contributed by atoms with van der Waals surface area (Å²) in [5.41, 5.74) is 0.944. The van der Waals surface area contributed by atoms with Crippen LogP contribution in [-0.4, -0.2) is 37.5 Å². The first-order valence-electron chi connectivity index (χ1n) is 13.1. The molecule has 0 bridgehead atoms. The highest BCUT2D eigenvalue weighted by atomic mass is 16.5. The van der Waals surface area contributed by atoms with Gasteiger partial charge in [0.2, 0.25) is 0 Å². The van der Waals surface area contributed by atoms with Gasteiger partial charge in [-0.25, -0.2) is 0 Å². The van der Waals surface area contributed by atoms with Gasteiger partial charge in [-0.1, -0.05) is 20.8 Å². The fraction of sp³-hybridized carbons (Fsp3) is 0.963. The normalized spacial score (nSPS) is 45.3. The van der Waals surface area contributed by atoms with Gasteiger partial charge >= 0.3 is 5.97 Å². The van der Waals surface area contributed by atoms with E-state index < -0.39 is 0 Å². The average Bonchev–Trinajstić information content (AvgIpc) is 3.13. The molecule has 0 saturated heterocycles. The molecule has 9 atom stereocenters. The van der Waals surface area contributed by atoms with Gasteiger partial charge in [-0.2, -0.15) is 0 Å². The number of hydrogen-bond donors (Lipinski definition) is 1. The average molecular weight is 435 g/mol. The monoisotopic (exact) mass is 434 g/mol. The first-order chi connectivity index (χ1) is 14.8. The van der Waals surface area contributed by atoms with Crippen molar-refractivity contribution < 1.29 is 19.4 Å². The Balaban J connectivity index is 1.43. The minimum absolute atomic E-state index is 0.0555. The molecule has 0 aromatic heterocycles. The third-order valence-corrected chi connectivity index (χ3v) is 10.9. The molecule has 4 nitrogen and oxygen atoms in total. The second-order valence-corrected chi connectivity index (χ2v) is 12.0. The molecule has 4 rings (SSSR count). The van der Waals surface area contributed by atoms with Gasteiger partial charge in [0.05, 0.1) is 26.4 Å². The van der Waals surface area contributed by atoms with Crippen molar-refractivity contribution in [3.8, 4) is 0 Å². The zero-order chi connectivity index (χ0) is 22.2. The van der Waals surface area contributed by atoms with Crippen molar-refractivity contribution in [2.24, 2.45) is 46.3 Å². The summed E-state index contributed by atoms with van der Waals surface area (Å²) in [5, 5.41) is 9.13. The van der Waals surface area contributed by atoms with E-state index in [4.69, 9.17) is 14.6 Å². The van der Waals surface area contributed by atoms with Crippen LogP contribution in [0.3, 0.4) is 0 Å². The van der Waals surface area contributed by atoms with E-state index in [1.165, 1.54) is 64.9 Å². The van der Waals surface area contributed by atoms with Gasteiger partial charge in [-0.05, 0) is 111 Å². The Morgan fingerprint density at radius 3 is 2.52 bits per heavy atom. The molecule has 4 aliphatic carbocycles. The quantitative estimate of drug-likeness (QED) is 0.529. The molecular weight excluding hydrogens is 388 g/mol. The molecule has 4 heteroatoms. The Hall–Kier alpha value is -0.610. The standard InChI is InChI=1S/C27H46O4/c1-18(5-10-25(29)30-4)22-8-9-23-21-7-6-19-17-20(31-16-15-28)11-13-26(19,2)24(21)12-14-27(22,23)3/h18-24,28H,5-17H2,1-4H3/t18-,19?,20+,21+,22-,23+,24+,26+,27-/m1/s1. The van der Waals surface area contributed by atoms with Crippen molar-refractivity contribution >= 4 is 5.97 Å². The van der Waals surface area contributed by atoms with E-state index in [0.717, 1.165) is 36.0 Å². The molecule has 0 heterocycles. The molecule has 4 fully saturated rings. The van der Waals surface area contributed by atoms with Crippen LogP contribution in [0.25, 0.3) is 0 Å². The van der Waals surface area contributed by atoms with Gasteiger partial charge in [0, 0.05) is 6.42 Å². The lowest BCUT2D eigenvalue weighted by Gasteiger charge is -2.61. The van der Waals surface area contributed by atoms with E-state index in [9.17, 15) is 4.79 Å². The maximum Gasteiger partial charge on any atom is 0.305 e. The van der Waals surface area contributed by atoms with E-state index in [0.29, 0.717) is 35.9 Å². The lowest BCUT2D eigenvalue weighted by atomic mass is 9.44. The van der Waals surface area contributed by atoms with E-state index in [-0.39, 0.29) is 12.6 Å². The minimum Gasteiger partial charge on any atom is -0.469 e. The second kappa shape index (κ2) is 9.33. The van der Waals surface area contributed by atoms with Crippen LogP contribution in [0.5, 0.6) is 0 Å². The lowest BCUT2D eigenvalue weighted by molar-refractivity contribution is -0.142. The Morgan fingerprint density at radius 2 is 1.77 bits per heavy atom. The fourth-order valence-electron chi connectivity index (χ4n) is 9.21. The van der Waals surface area contributed by atoms with E-state index in [1.54, 1.807) is 0 Å². The number of aliphatic hydroxyl groups is 1. The second-order valence-electron chi connectivity index (χ2n) is 12.0. The topological polar surface area (TPSA) is 55.8 Å². The van der Waals surface area contributed by atoms with Crippen molar-refractivity contribution in [2.75, 3.05) is 20.3 Å². The van der Waals surface area contributed by atoms with E-state index >= 15 is 0 Å². The maximum absolute atomic E-state index is 11.7. The Labute approximate surface area is 189 Å². The summed E-state index contributed by atoms with van der Waals surface area (Å²) >= 11 is 0. The van der Waals surface area contributed by atoms with Crippen LogP contribution in [0.2, 0.25) is 0 Å². The molecule has 4 aliphatic rings. The van der Waals surface area contributed by atoms with Crippen molar-refractivity contribution in [1.29, 1.82) is 0 Å². The van der Waals surface area contributed by atoms with Gasteiger partial charge in [-0.3, -0.25) is 4.79 Å². The first kappa shape index (κ1) is 23.5. The molecular formula is C27H46O4. The number of carbonyl (C=O) groups is 1. The number of carbonyl (C=O) groups excluding carboxylic acids is 1. The summed E-state index contributed by atoms with van der Waals surface area (Å²) in [7, 11) is 1.50. The molecule has 0 aromatic carbocycles. The molecule has 1 N–H and O–H groups in total. The van der Waals surface area contributed by atoms with Crippen LogP contribution in [0, 0.1) is 46.3 Å². The van der Waals surface area contributed by atoms with Gasteiger partial charge < -0.3 is 14.6 Å². The highest BCUT2D eigenvalue weighted by Crippen LogP contribution is 2.68. The van der Waals surface area contributed by atoms with Crippen molar-refractivity contribution in [3.63, 3.8) is 0 Å². The first-order valence-corrected chi connectivity index (χ1v) is 13.1. The van der Waals surface area contributed by atoms with Crippen LogP contribution in [0.15, 0.2) is 0 Å². The van der Waals surface area contributed by atoms with E-state index in [2.05, 4.69) is 20.8 Å². The molecule has 0 spiro atoms. The van der Waals surface area contributed by atoms with Crippen molar-refractivity contribution in [2.45, 2.75) is 97.5 Å². The fourth-order valence-corrected chi connectivity index (χ4v) is 9.21. The smallest absolute Gasteiger partial charge is 0.305 e. The number of hydrogen-bond acceptors (Lipinski definition) is 4. The van der Waals surface area contributed by atoms with Gasteiger partial charge in [0.1, 0.15) is 0 Å². The Kier molecular flexibility index (Phi) is 7.09. The Bertz CT molecular complexity index is 635. The van der Waals surface area contributed by atoms with E-state index in [1.807, 2.05) is 0 Å². The highest BCUT2D eigenvalue weighted by molar-refractivity contribution is 5.69. The molecule has 0 aromatic rings. The highest BCUT2D eigenvalue weighted by Gasteiger charge is 2.60. The van der Waals surface area contributed by atoms with Crippen molar-refractivity contribution in [3.05, 3.63) is 0 Å². The predicted octanol–water partition coefficient (Wildman–Crippen LogP) is 5.61. The zero-order valence-electron chi connectivity index (χ0n) is 20.4. The number of fused-ring (bicyclic) bond motifs is 5. The lowest BCUT2D eigenvalue weighted by Crippen LogP contribution is -2.54. The number of esters is 1.